The second kappa shape index (κ2) is 8.95. The van der Waals surface area contributed by atoms with Crippen molar-refractivity contribution < 1.29 is 0 Å². The van der Waals surface area contributed by atoms with E-state index in [1.54, 1.807) is 0 Å². The predicted molar refractivity (Wildman–Crippen MR) is 178 cm³/mol. The molecule has 0 N–H and O–H groups in total. The summed E-state index contributed by atoms with van der Waals surface area (Å²) in [6.07, 6.45) is 0. The topological polar surface area (TPSA) is 9.86 Å². The molecule has 0 aliphatic rings. The summed E-state index contributed by atoms with van der Waals surface area (Å²) >= 11 is 0. The highest BCUT2D eigenvalue weighted by Gasteiger charge is 2.20. The van der Waals surface area contributed by atoms with Crippen LogP contribution >= 0.6 is 0 Å². The molecule has 9 rings (SSSR count). The van der Waals surface area contributed by atoms with Gasteiger partial charge in [-0.25, -0.2) is 0 Å². The summed E-state index contributed by atoms with van der Waals surface area (Å²) in [7, 11) is 0. The Hall–Kier alpha value is -5.60. The van der Waals surface area contributed by atoms with Gasteiger partial charge in [-0.3, -0.25) is 0 Å². The number of para-hydroxylation sites is 2. The van der Waals surface area contributed by atoms with Crippen LogP contribution in [0.1, 0.15) is 0 Å². The molecule has 2 heteroatoms. The summed E-state index contributed by atoms with van der Waals surface area (Å²) in [4.78, 5) is 0. The van der Waals surface area contributed by atoms with E-state index in [0.717, 1.165) is 0 Å². The second-order valence-electron chi connectivity index (χ2n) is 11.0. The molecule has 0 atom stereocenters. The van der Waals surface area contributed by atoms with Crippen LogP contribution < -0.4 is 0 Å². The minimum Gasteiger partial charge on any atom is -0.309 e. The summed E-state index contributed by atoms with van der Waals surface area (Å²) in [6.45, 7) is 0. The van der Waals surface area contributed by atoms with Gasteiger partial charge < -0.3 is 9.13 Å². The molecule has 0 saturated heterocycles. The van der Waals surface area contributed by atoms with Crippen molar-refractivity contribution in [2.24, 2.45) is 0 Å². The van der Waals surface area contributed by atoms with Crippen LogP contribution in [0.4, 0.5) is 0 Å². The van der Waals surface area contributed by atoms with Crippen molar-refractivity contribution in [3.8, 4) is 22.5 Å². The number of rotatable bonds is 3. The zero-order valence-corrected chi connectivity index (χ0v) is 22.9. The Bertz CT molecular complexity index is 2440. The predicted octanol–water partition coefficient (Wildman–Crippen LogP) is 10.7. The van der Waals surface area contributed by atoms with Crippen LogP contribution in [0.5, 0.6) is 0 Å². The average Bonchev–Trinajstić information content (AvgIpc) is 3.58. The highest BCUT2D eigenvalue weighted by atomic mass is 15.0. The maximum Gasteiger partial charge on any atom is 0.0548 e. The summed E-state index contributed by atoms with van der Waals surface area (Å²) in [6, 6.07) is 57.2. The molecular formula is C40H26N2. The highest BCUT2D eigenvalue weighted by Crippen LogP contribution is 2.42. The molecule has 2 heterocycles. The van der Waals surface area contributed by atoms with Crippen molar-refractivity contribution in [3.05, 3.63) is 158 Å². The first-order valence-electron chi connectivity index (χ1n) is 14.5. The van der Waals surface area contributed by atoms with E-state index in [9.17, 15) is 0 Å². The summed E-state index contributed by atoms with van der Waals surface area (Å²) < 4.78 is 4.85. The van der Waals surface area contributed by atoms with E-state index in [2.05, 4.69) is 167 Å². The van der Waals surface area contributed by atoms with E-state index >= 15 is 0 Å². The van der Waals surface area contributed by atoms with E-state index in [1.165, 1.54) is 76.9 Å². The first kappa shape index (κ1) is 23.1. The molecule has 0 amide bonds. The molecule has 2 nitrogen and oxygen atoms in total. The lowest BCUT2D eigenvalue weighted by molar-refractivity contribution is 1.17. The zero-order chi connectivity index (χ0) is 27.6. The quantitative estimate of drug-likeness (QED) is 0.213. The van der Waals surface area contributed by atoms with Crippen LogP contribution in [0.15, 0.2) is 158 Å². The first-order valence-corrected chi connectivity index (χ1v) is 14.5. The van der Waals surface area contributed by atoms with E-state index in [-0.39, 0.29) is 0 Å². The van der Waals surface area contributed by atoms with E-state index in [1.807, 2.05) is 0 Å². The molecule has 0 saturated carbocycles. The van der Waals surface area contributed by atoms with Crippen molar-refractivity contribution in [2.75, 3.05) is 0 Å². The smallest absolute Gasteiger partial charge is 0.0548 e. The number of benzene rings is 7. The molecule has 0 unspecified atom stereocenters. The van der Waals surface area contributed by atoms with Crippen LogP contribution in [0.25, 0.3) is 76.9 Å². The van der Waals surface area contributed by atoms with E-state index < -0.39 is 0 Å². The maximum atomic E-state index is 2.43. The van der Waals surface area contributed by atoms with Crippen LogP contribution in [0, 0.1) is 0 Å². The van der Waals surface area contributed by atoms with E-state index in [4.69, 9.17) is 0 Å². The normalized spacial score (nSPS) is 11.8. The van der Waals surface area contributed by atoms with Crippen LogP contribution in [-0.4, -0.2) is 9.13 Å². The summed E-state index contributed by atoms with van der Waals surface area (Å²) in [5, 5.41) is 7.64. The van der Waals surface area contributed by atoms with Gasteiger partial charge in [0.1, 0.15) is 0 Å². The third-order valence-corrected chi connectivity index (χ3v) is 8.70. The molecule has 9 aromatic rings. The minimum absolute atomic E-state index is 1.17. The average molecular weight is 535 g/mol. The Morgan fingerprint density at radius 2 is 0.810 bits per heavy atom. The van der Waals surface area contributed by atoms with Crippen molar-refractivity contribution in [1.29, 1.82) is 0 Å². The molecule has 0 aliphatic heterocycles. The number of aromatic nitrogens is 2. The molecule has 0 fully saturated rings. The third-order valence-electron chi connectivity index (χ3n) is 8.70. The molecule has 0 aliphatic carbocycles. The lowest BCUT2D eigenvalue weighted by atomic mass is 10.1. The largest absolute Gasteiger partial charge is 0.309 e. The van der Waals surface area contributed by atoms with Crippen molar-refractivity contribution in [1.82, 2.24) is 9.13 Å². The second-order valence-corrected chi connectivity index (χ2v) is 11.0. The molecule has 0 spiro atoms. The van der Waals surface area contributed by atoms with Gasteiger partial charge in [0.05, 0.1) is 22.1 Å². The Balaban J connectivity index is 1.35. The third kappa shape index (κ3) is 3.33. The molecule has 196 valence electrons. The van der Waals surface area contributed by atoms with Crippen LogP contribution in [0.2, 0.25) is 0 Å². The van der Waals surface area contributed by atoms with Crippen LogP contribution in [-0.2, 0) is 0 Å². The van der Waals surface area contributed by atoms with E-state index in [0.29, 0.717) is 0 Å². The van der Waals surface area contributed by atoms with Gasteiger partial charge in [0.2, 0.25) is 0 Å². The van der Waals surface area contributed by atoms with Gasteiger partial charge in [-0.15, -0.1) is 0 Å². The van der Waals surface area contributed by atoms with Gasteiger partial charge >= 0.3 is 0 Å². The van der Waals surface area contributed by atoms with Crippen molar-refractivity contribution in [2.45, 2.75) is 0 Å². The molecule has 0 bridgehead atoms. The maximum absolute atomic E-state index is 2.43. The summed E-state index contributed by atoms with van der Waals surface area (Å²) in [5.41, 5.74) is 9.68. The SMILES string of the molecule is c1ccc(-c2ccc(-n3c4ccccc4c4c5c6ccccc6n(-c6ccc7ccccc7c6)c5ccc43)cc2)cc1. The minimum atomic E-state index is 1.17. The fourth-order valence-electron chi connectivity index (χ4n) is 6.82. The molecular weight excluding hydrogens is 508 g/mol. The molecule has 2 aromatic heterocycles. The van der Waals surface area contributed by atoms with Gasteiger partial charge in [0.25, 0.3) is 0 Å². The fraction of sp³-hybridized carbons (Fsp3) is 0. The standard InChI is InChI=1S/C40H26N2/c1-2-10-27(11-3-1)29-18-21-31(22-19-29)41-35-16-8-6-14-33(35)39-37(41)24-25-38-40(39)34-15-7-9-17-36(34)42(38)32-23-20-28-12-4-5-13-30(28)26-32/h1-26H. The van der Waals surface area contributed by atoms with Gasteiger partial charge in [-0.1, -0.05) is 109 Å². The zero-order valence-electron chi connectivity index (χ0n) is 22.9. The van der Waals surface area contributed by atoms with Crippen LogP contribution in [0.3, 0.4) is 0 Å². The number of fused-ring (bicyclic) bond motifs is 8. The highest BCUT2D eigenvalue weighted by molar-refractivity contribution is 6.28. The molecule has 0 radical (unpaired) electrons. The van der Waals surface area contributed by atoms with Crippen molar-refractivity contribution >= 4 is 54.4 Å². The Morgan fingerprint density at radius 3 is 1.48 bits per heavy atom. The monoisotopic (exact) mass is 534 g/mol. The van der Waals surface area contributed by atoms with Gasteiger partial charge in [0, 0.05) is 32.9 Å². The van der Waals surface area contributed by atoms with Gasteiger partial charge in [0.15, 0.2) is 0 Å². The number of hydrogen-bond donors (Lipinski definition) is 0. The fourth-order valence-corrected chi connectivity index (χ4v) is 6.82. The van der Waals surface area contributed by atoms with Gasteiger partial charge in [-0.2, -0.15) is 0 Å². The Kier molecular flexibility index (Phi) is 4.93. The number of nitrogens with zero attached hydrogens (tertiary/aromatic N) is 2. The first-order chi connectivity index (χ1) is 20.8. The van der Waals surface area contributed by atoms with Crippen molar-refractivity contribution in [3.63, 3.8) is 0 Å². The lowest BCUT2D eigenvalue weighted by Crippen LogP contribution is -1.95. The lowest BCUT2D eigenvalue weighted by Gasteiger charge is -2.11. The molecule has 42 heavy (non-hydrogen) atoms. The van der Waals surface area contributed by atoms with Gasteiger partial charge in [-0.05, 0) is 70.4 Å². The Morgan fingerprint density at radius 1 is 0.310 bits per heavy atom. The molecule has 7 aromatic carbocycles. The Labute approximate surface area is 243 Å². The summed E-state index contributed by atoms with van der Waals surface area (Å²) in [5.74, 6) is 0. The number of hydrogen-bond acceptors (Lipinski definition) is 0.